The topological polar surface area (TPSA) is 86.3 Å². The number of hydrogen-bond acceptors (Lipinski definition) is 4. The van der Waals surface area contributed by atoms with Crippen LogP contribution in [0.4, 0.5) is 11.4 Å². The number of nitro groups is 2. The Kier molecular flexibility index (Phi) is 6.61. The van der Waals surface area contributed by atoms with Gasteiger partial charge in [0.2, 0.25) is 0 Å². The minimum atomic E-state index is -0.652. The first-order chi connectivity index (χ1) is 14.4. The summed E-state index contributed by atoms with van der Waals surface area (Å²) in [5, 5.41) is 24.0. The second kappa shape index (κ2) is 9.35. The fraction of sp³-hybridized carbons (Fsp3) is 0. The van der Waals surface area contributed by atoms with Gasteiger partial charge in [-0.1, -0.05) is 71.8 Å². The van der Waals surface area contributed by atoms with Gasteiger partial charge in [0, 0.05) is 10.0 Å². The Morgan fingerprint density at radius 2 is 0.967 bits per heavy atom. The van der Waals surface area contributed by atoms with Crippen molar-refractivity contribution in [2.75, 3.05) is 0 Å². The van der Waals surface area contributed by atoms with Crippen molar-refractivity contribution in [3.05, 3.63) is 113 Å². The van der Waals surface area contributed by atoms with E-state index >= 15 is 0 Å². The summed E-state index contributed by atoms with van der Waals surface area (Å²) in [5.74, 6) is 0. The van der Waals surface area contributed by atoms with Crippen LogP contribution in [0.5, 0.6) is 0 Å². The molecule has 0 N–H and O–H groups in total. The highest BCUT2D eigenvalue weighted by molar-refractivity contribution is 6.32. The molecular formula is C22H14Cl2N2O4. The number of rotatable bonds is 6. The van der Waals surface area contributed by atoms with Gasteiger partial charge in [-0.2, -0.15) is 0 Å². The van der Waals surface area contributed by atoms with E-state index in [9.17, 15) is 20.2 Å². The maximum Gasteiger partial charge on any atom is 0.283 e. The van der Waals surface area contributed by atoms with Crippen molar-refractivity contribution in [1.82, 2.24) is 0 Å². The predicted octanol–water partition coefficient (Wildman–Crippen LogP) is 7.15. The first-order valence-electron chi connectivity index (χ1n) is 8.69. The summed E-state index contributed by atoms with van der Waals surface area (Å²) in [4.78, 5) is 21.7. The first-order valence-corrected chi connectivity index (χ1v) is 9.44. The highest BCUT2D eigenvalue weighted by Crippen LogP contribution is 2.32. The molecule has 0 bridgehead atoms. The van der Waals surface area contributed by atoms with E-state index in [1.807, 2.05) is 0 Å². The van der Waals surface area contributed by atoms with Gasteiger partial charge in [0.15, 0.2) is 0 Å². The van der Waals surface area contributed by atoms with Crippen molar-refractivity contribution in [3.63, 3.8) is 0 Å². The average Bonchev–Trinajstić information content (AvgIpc) is 2.72. The van der Waals surface area contributed by atoms with Crippen molar-refractivity contribution >= 4 is 58.9 Å². The zero-order valence-electron chi connectivity index (χ0n) is 15.4. The van der Waals surface area contributed by atoms with Crippen LogP contribution >= 0.6 is 23.2 Å². The van der Waals surface area contributed by atoms with Gasteiger partial charge >= 0.3 is 0 Å². The Morgan fingerprint density at radius 1 is 0.600 bits per heavy atom. The van der Waals surface area contributed by atoms with Crippen molar-refractivity contribution in [1.29, 1.82) is 0 Å². The van der Waals surface area contributed by atoms with Gasteiger partial charge in [0.05, 0.1) is 27.0 Å². The van der Waals surface area contributed by atoms with E-state index in [0.29, 0.717) is 21.2 Å². The molecule has 0 aliphatic carbocycles. The van der Waals surface area contributed by atoms with Crippen molar-refractivity contribution in [2.24, 2.45) is 0 Å². The molecule has 0 aliphatic rings. The van der Waals surface area contributed by atoms with E-state index in [4.69, 9.17) is 23.2 Å². The van der Waals surface area contributed by atoms with Crippen molar-refractivity contribution in [3.8, 4) is 0 Å². The summed E-state index contributed by atoms with van der Waals surface area (Å²) < 4.78 is 0. The van der Waals surface area contributed by atoms with Crippen molar-refractivity contribution < 1.29 is 9.85 Å². The van der Waals surface area contributed by atoms with Crippen LogP contribution in [-0.2, 0) is 0 Å². The minimum absolute atomic E-state index is 0.212. The first kappa shape index (κ1) is 21.2. The molecule has 3 aromatic rings. The molecule has 0 fully saturated rings. The van der Waals surface area contributed by atoms with Crippen LogP contribution in [-0.4, -0.2) is 9.85 Å². The number of halogens is 2. The number of benzene rings is 3. The van der Waals surface area contributed by atoms with E-state index in [0.717, 1.165) is 6.07 Å². The fourth-order valence-corrected chi connectivity index (χ4v) is 3.17. The second-order valence-electron chi connectivity index (χ2n) is 6.19. The Hall–Kier alpha value is -3.48. The van der Waals surface area contributed by atoms with Gasteiger partial charge in [0.25, 0.3) is 11.4 Å². The van der Waals surface area contributed by atoms with Crippen LogP contribution < -0.4 is 0 Å². The highest BCUT2D eigenvalue weighted by atomic mass is 35.5. The molecule has 0 atom stereocenters. The van der Waals surface area contributed by atoms with Crippen LogP contribution in [0.25, 0.3) is 24.3 Å². The molecule has 3 rings (SSSR count). The molecule has 150 valence electrons. The Balaban J connectivity index is 2.11. The molecule has 30 heavy (non-hydrogen) atoms. The van der Waals surface area contributed by atoms with Gasteiger partial charge in [-0.25, -0.2) is 0 Å². The van der Waals surface area contributed by atoms with E-state index in [1.165, 1.54) is 18.2 Å². The molecule has 6 nitrogen and oxygen atoms in total. The van der Waals surface area contributed by atoms with Crippen LogP contribution in [0.2, 0.25) is 10.0 Å². The van der Waals surface area contributed by atoms with E-state index < -0.39 is 9.85 Å². The zero-order valence-corrected chi connectivity index (χ0v) is 16.9. The zero-order chi connectivity index (χ0) is 21.7. The van der Waals surface area contributed by atoms with Crippen LogP contribution in [0, 0.1) is 20.2 Å². The summed E-state index contributed by atoms with van der Waals surface area (Å²) in [6, 6.07) is 16.4. The van der Waals surface area contributed by atoms with Gasteiger partial charge < -0.3 is 0 Å². The molecule has 0 unspecified atom stereocenters. The lowest BCUT2D eigenvalue weighted by Crippen LogP contribution is -1.98. The molecule has 8 heteroatoms. The van der Waals surface area contributed by atoms with Crippen LogP contribution in [0.3, 0.4) is 0 Å². The monoisotopic (exact) mass is 440 g/mol. The third-order valence-corrected chi connectivity index (χ3v) is 4.95. The van der Waals surface area contributed by atoms with Crippen LogP contribution in [0.15, 0.2) is 60.7 Å². The van der Waals surface area contributed by atoms with Crippen LogP contribution in [0.1, 0.15) is 22.3 Å². The highest BCUT2D eigenvalue weighted by Gasteiger charge is 2.22. The SMILES string of the molecule is O=[N+]([O-])c1cc([N+](=O)[O-])c(/C=C/c2ccccc2Cl)cc1/C=C\c1ccccc1Cl. The third kappa shape index (κ3) is 4.92. The smallest absolute Gasteiger partial charge is 0.258 e. The molecule has 0 spiro atoms. The van der Waals surface area contributed by atoms with E-state index in [1.54, 1.807) is 60.7 Å². The standard InChI is InChI=1S/C22H14Cl2N2O4/c23-19-7-3-1-5-15(19)9-11-17-13-18(12-10-16-6-2-4-8-20(16)24)22(26(29)30)14-21(17)25(27)28/h1-14H/b11-9-,12-10+. The van der Waals surface area contributed by atoms with Crippen molar-refractivity contribution in [2.45, 2.75) is 0 Å². The number of nitro benzene ring substituents is 2. The van der Waals surface area contributed by atoms with Gasteiger partial charge in [-0.05, 0) is 41.5 Å². The summed E-state index contributed by atoms with van der Waals surface area (Å²) in [6.45, 7) is 0. The van der Waals surface area contributed by atoms with Gasteiger partial charge in [-0.3, -0.25) is 20.2 Å². The summed E-state index contributed by atoms with van der Waals surface area (Å²) in [5.41, 5.74) is 1.01. The van der Waals surface area contributed by atoms with Gasteiger partial charge in [-0.15, -0.1) is 0 Å². The fourth-order valence-electron chi connectivity index (χ4n) is 2.77. The molecule has 0 aromatic heterocycles. The van der Waals surface area contributed by atoms with Gasteiger partial charge in [0.1, 0.15) is 0 Å². The molecule has 0 radical (unpaired) electrons. The average molecular weight is 441 g/mol. The van der Waals surface area contributed by atoms with E-state index in [-0.39, 0.29) is 22.5 Å². The summed E-state index contributed by atoms with van der Waals surface area (Å²) in [7, 11) is 0. The normalized spacial score (nSPS) is 11.3. The second-order valence-corrected chi connectivity index (χ2v) is 7.01. The number of hydrogen-bond donors (Lipinski definition) is 0. The summed E-state index contributed by atoms with van der Waals surface area (Å²) in [6.07, 6.45) is 6.27. The Morgan fingerprint density at radius 3 is 1.33 bits per heavy atom. The lowest BCUT2D eigenvalue weighted by atomic mass is 10.0. The Labute approximate surface area is 182 Å². The molecular weight excluding hydrogens is 427 g/mol. The lowest BCUT2D eigenvalue weighted by Gasteiger charge is -2.04. The largest absolute Gasteiger partial charge is 0.283 e. The molecule has 0 heterocycles. The molecule has 0 saturated carbocycles. The molecule has 0 amide bonds. The molecule has 0 saturated heterocycles. The maximum atomic E-state index is 11.5. The number of nitrogens with zero attached hydrogens (tertiary/aromatic N) is 2. The quantitative estimate of drug-likeness (QED) is 0.231. The summed E-state index contributed by atoms with van der Waals surface area (Å²) >= 11 is 12.3. The molecule has 0 aliphatic heterocycles. The minimum Gasteiger partial charge on any atom is -0.258 e. The maximum absolute atomic E-state index is 11.5. The Bertz CT molecular complexity index is 1100. The predicted molar refractivity (Wildman–Crippen MR) is 121 cm³/mol. The lowest BCUT2D eigenvalue weighted by molar-refractivity contribution is -0.394. The third-order valence-electron chi connectivity index (χ3n) is 4.26. The molecule has 3 aromatic carbocycles. The van der Waals surface area contributed by atoms with E-state index in [2.05, 4.69) is 0 Å².